The van der Waals surface area contributed by atoms with Crippen molar-refractivity contribution in [3.05, 3.63) is 28.4 Å². The molecule has 0 saturated carbocycles. The maximum absolute atomic E-state index is 12.2. The fraction of sp³-hybridized carbons (Fsp3) is 0.300. The smallest absolute Gasteiger partial charge is 0.369 e. The minimum absolute atomic E-state index is 0.216. The largest absolute Gasteiger partial charge is 0.534 e. The molecular formula is C10H10F3N3O5S. The standard InChI is InChI=1S/C8H4F3N3O5S.C2H6/c9-8(10,11)20(17,18)19-5-2-1-4-3-12-13-6(4)7(5)14(15)16;1-2/h1-3H,(H,12,13);1-2H3. The van der Waals surface area contributed by atoms with Crippen molar-refractivity contribution in [2.75, 3.05) is 0 Å². The van der Waals surface area contributed by atoms with Crippen molar-refractivity contribution in [3.63, 3.8) is 0 Å². The molecule has 2 aromatic rings. The zero-order chi connectivity index (χ0) is 17.1. The minimum Gasteiger partial charge on any atom is -0.369 e. The van der Waals surface area contributed by atoms with E-state index in [9.17, 15) is 31.7 Å². The highest BCUT2D eigenvalue weighted by atomic mass is 32.2. The molecule has 1 aromatic carbocycles. The molecule has 0 aliphatic rings. The van der Waals surface area contributed by atoms with Gasteiger partial charge in [-0.3, -0.25) is 15.2 Å². The van der Waals surface area contributed by atoms with Gasteiger partial charge in [-0.25, -0.2) is 0 Å². The Balaban J connectivity index is 0.00000116. The summed E-state index contributed by atoms with van der Waals surface area (Å²) in [5.41, 5.74) is -6.89. The van der Waals surface area contributed by atoms with Gasteiger partial charge in [0, 0.05) is 5.39 Å². The fourth-order valence-corrected chi connectivity index (χ4v) is 1.86. The van der Waals surface area contributed by atoms with E-state index in [1.165, 1.54) is 6.20 Å². The summed E-state index contributed by atoms with van der Waals surface area (Å²) in [6, 6.07) is 1.88. The molecule has 0 fully saturated rings. The van der Waals surface area contributed by atoms with Crippen LogP contribution in [0, 0.1) is 10.1 Å². The highest BCUT2D eigenvalue weighted by molar-refractivity contribution is 7.88. The molecule has 2 rings (SSSR count). The summed E-state index contributed by atoms with van der Waals surface area (Å²) < 4.78 is 62.2. The Bertz CT molecular complexity index is 785. The first-order valence-electron chi connectivity index (χ1n) is 5.75. The first kappa shape index (κ1) is 17.7. The van der Waals surface area contributed by atoms with Crippen LogP contribution in [0.15, 0.2) is 18.3 Å². The number of halogens is 3. The molecule has 0 radical (unpaired) electrons. The second-order valence-corrected chi connectivity index (χ2v) is 5.02. The summed E-state index contributed by atoms with van der Waals surface area (Å²) in [5, 5.41) is 16.7. The van der Waals surface area contributed by atoms with Gasteiger partial charge in [-0.05, 0) is 12.1 Å². The second kappa shape index (κ2) is 6.17. The Kier molecular flexibility index (Phi) is 4.96. The molecule has 122 valence electrons. The van der Waals surface area contributed by atoms with Crippen LogP contribution in [0.1, 0.15) is 13.8 Å². The molecule has 0 atom stereocenters. The summed E-state index contributed by atoms with van der Waals surface area (Å²) in [6.45, 7) is 4.00. The van der Waals surface area contributed by atoms with Crippen LogP contribution in [-0.4, -0.2) is 29.0 Å². The highest BCUT2D eigenvalue weighted by Gasteiger charge is 2.49. The van der Waals surface area contributed by atoms with Gasteiger partial charge in [0.2, 0.25) is 5.75 Å². The maximum atomic E-state index is 12.2. The Labute approximate surface area is 122 Å². The van der Waals surface area contributed by atoms with E-state index in [1.54, 1.807) is 0 Å². The van der Waals surface area contributed by atoms with E-state index in [0.29, 0.717) is 0 Å². The Morgan fingerprint density at radius 2 is 1.91 bits per heavy atom. The lowest BCUT2D eigenvalue weighted by molar-refractivity contribution is -0.383. The number of benzene rings is 1. The summed E-state index contributed by atoms with van der Waals surface area (Å²) in [7, 11) is -6.00. The second-order valence-electron chi connectivity index (χ2n) is 3.49. The van der Waals surface area contributed by atoms with Crippen molar-refractivity contribution in [3.8, 4) is 5.75 Å². The number of H-pyrrole nitrogens is 1. The number of rotatable bonds is 3. The lowest BCUT2D eigenvalue weighted by Crippen LogP contribution is -2.28. The summed E-state index contributed by atoms with van der Waals surface area (Å²) >= 11 is 0. The molecule has 0 spiro atoms. The molecule has 12 heteroatoms. The molecule has 0 aliphatic carbocycles. The number of fused-ring (bicyclic) bond motifs is 1. The number of nitro benzene ring substituents is 1. The maximum Gasteiger partial charge on any atom is 0.534 e. The molecule has 0 bridgehead atoms. The van der Waals surface area contributed by atoms with Gasteiger partial charge in [-0.2, -0.15) is 26.7 Å². The Morgan fingerprint density at radius 1 is 1.32 bits per heavy atom. The molecule has 1 heterocycles. The summed E-state index contributed by atoms with van der Waals surface area (Å²) in [5.74, 6) is -1.05. The van der Waals surface area contributed by atoms with Gasteiger partial charge in [0.05, 0.1) is 11.1 Å². The quantitative estimate of drug-likeness (QED) is 0.397. The van der Waals surface area contributed by atoms with E-state index in [1.807, 2.05) is 13.8 Å². The van der Waals surface area contributed by atoms with E-state index in [4.69, 9.17) is 0 Å². The van der Waals surface area contributed by atoms with E-state index < -0.39 is 32.0 Å². The van der Waals surface area contributed by atoms with E-state index >= 15 is 0 Å². The first-order valence-corrected chi connectivity index (χ1v) is 7.15. The number of aromatic nitrogens is 2. The number of alkyl halides is 3. The fourth-order valence-electron chi connectivity index (χ4n) is 1.39. The molecular weight excluding hydrogens is 331 g/mol. The molecule has 0 aliphatic heterocycles. The topological polar surface area (TPSA) is 115 Å². The highest BCUT2D eigenvalue weighted by Crippen LogP contribution is 2.37. The van der Waals surface area contributed by atoms with Gasteiger partial charge in [0.1, 0.15) is 5.52 Å². The van der Waals surface area contributed by atoms with Crippen LogP contribution in [0.4, 0.5) is 18.9 Å². The molecule has 0 saturated heterocycles. The van der Waals surface area contributed by atoms with Crippen molar-refractivity contribution < 1.29 is 30.7 Å². The Morgan fingerprint density at radius 3 is 2.41 bits per heavy atom. The summed E-state index contributed by atoms with van der Waals surface area (Å²) in [4.78, 5) is 9.80. The zero-order valence-corrected chi connectivity index (χ0v) is 12.0. The van der Waals surface area contributed by atoms with E-state index in [2.05, 4.69) is 14.4 Å². The van der Waals surface area contributed by atoms with Crippen LogP contribution in [0.5, 0.6) is 5.75 Å². The van der Waals surface area contributed by atoms with Crippen LogP contribution >= 0.6 is 0 Å². The van der Waals surface area contributed by atoms with Gasteiger partial charge < -0.3 is 4.18 Å². The number of nitrogens with one attached hydrogen (secondary N) is 1. The van der Waals surface area contributed by atoms with Crippen LogP contribution < -0.4 is 4.18 Å². The molecule has 0 amide bonds. The Hall–Kier alpha value is -2.37. The third kappa shape index (κ3) is 3.27. The number of aromatic amines is 1. The monoisotopic (exact) mass is 341 g/mol. The van der Waals surface area contributed by atoms with Crippen LogP contribution in [0.25, 0.3) is 10.9 Å². The van der Waals surface area contributed by atoms with Gasteiger partial charge >= 0.3 is 21.3 Å². The minimum atomic E-state index is -6.00. The average molecular weight is 341 g/mol. The van der Waals surface area contributed by atoms with Crippen molar-refractivity contribution in [1.82, 2.24) is 10.2 Å². The molecule has 0 unspecified atom stereocenters. The number of nitro groups is 1. The molecule has 22 heavy (non-hydrogen) atoms. The van der Waals surface area contributed by atoms with E-state index in [-0.39, 0.29) is 10.9 Å². The SMILES string of the molecule is CC.O=[N+]([O-])c1c(OS(=O)(=O)C(F)(F)F)ccc2cn[nH]c12. The van der Waals surface area contributed by atoms with Crippen LogP contribution in [0.2, 0.25) is 0 Å². The van der Waals surface area contributed by atoms with Crippen LogP contribution in [0.3, 0.4) is 0 Å². The normalized spacial score (nSPS) is 11.7. The predicted molar refractivity (Wildman–Crippen MR) is 69.7 cm³/mol. The van der Waals surface area contributed by atoms with Gasteiger partial charge in [0.25, 0.3) is 0 Å². The van der Waals surface area contributed by atoms with Crippen molar-refractivity contribution in [1.29, 1.82) is 0 Å². The van der Waals surface area contributed by atoms with Crippen molar-refractivity contribution in [2.24, 2.45) is 0 Å². The third-order valence-corrected chi connectivity index (χ3v) is 3.18. The summed E-state index contributed by atoms with van der Waals surface area (Å²) in [6.07, 6.45) is 1.18. The van der Waals surface area contributed by atoms with Gasteiger partial charge in [-0.1, -0.05) is 13.8 Å². The van der Waals surface area contributed by atoms with E-state index in [0.717, 1.165) is 12.1 Å². The predicted octanol–water partition coefficient (Wildman–Crippen LogP) is 2.73. The number of nitrogens with zero attached hydrogens (tertiary/aromatic N) is 2. The van der Waals surface area contributed by atoms with Gasteiger partial charge in [0.15, 0.2) is 0 Å². The zero-order valence-electron chi connectivity index (χ0n) is 11.2. The number of hydrogen-bond acceptors (Lipinski definition) is 6. The lowest BCUT2D eigenvalue weighted by Gasteiger charge is -2.09. The third-order valence-electron chi connectivity index (χ3n) is 2.22. The molecule has 1 N–H and O–H groups in total. The lowest BCUT2D eigenvalue weighted by atomic mass is 10.2. The van der Waals surface area contributed by atoms with Crippen molar-refractivity contribution >= 4 is 26.7 Å². The molecule has 8 nitrogen and oxygen atoms in total. The average Bonchev–Trinajstić information content (AvgIpc) is 2.86. The first-order chi connectivity index (χ1) is 10.1. The number of hydrogen-bond donors (Lipinski definition) is 1. The van der Waals surface area contributed by atoms with Crippen molar-refractivity contribution in [2.45, 2.75) is 19.4 Å². The molecule has 1 aromatic heterocycles. The van der Waals surface area contributed by atoms with Crippen LogP contribution in [-0.2, 0) is 10.1 Å². The van der Waals surface area contributed by atoms with Gasteiger partial charge in [-0.15, -0.1) is 0 Å².